The lowest BCUT2D eigenvalue weighted by atomic mass is 10.3. The summed E-state index contributed by atoms with van der Waals surface area (Å²) in [4.78, 5) is 18.4. The summed E-state index contributed by atoms with van der Waals surface area (Å²) in [6.45, 7) is 1.39. The molecule has 0 unspecified atom stereocenters. The molecule has 0 fully saturated rings. The molecule has 27 heavy (non-hydrogen) atoms. The number of sulfone groups is 1. The van der Waals surface area contributed by atoms with Gasteiger partial charge >= 0.3 is 0 Å². The van der Waals surface area contributed by atoms with E-state index in [1.165, 1.54) is 23.5 Å². The fourth-order valence-electron chi connectivity index (χ4n) is 2.23. The molecule has 1 heterocycles. The first-order valence-corrected chi connectivity index (χ1v) is 10.9. The third-order valence-corrected chi connectivity index (χ3v) is 5.63. The van der Waals surface area contributed by atoms with E-state index in [0.29, 0.717) is 44.0 Å². The van der Waals surface area contributed by atoms with Crippen molar-refractivity contribution >= 4 is 39.5 Å². The van der Waals surface area contributed by atoms with E-state index in [1.54, 1.807) is 29.5 Å². The van der Waals surface area contributed by atoms with Crippen molar-refractivity contribution in [2.75, 3.05) is 33.0 Å². The molecule has 2 N–H and O–H groups in total. The molecular formula is C17H24ClN3O4S2. The van der Waals surface area contributed by atoms with Gasteiger partial charge in [-0.05, 0) is 31.2 Å². The van der Waals surface area contributed by atoms with Crippen molar-refractivity contribution < 1.29 is 17.9 Å². The van der Waals surface area contributed by atoms with Gasteiger partial charge in [0, 0.05) is 31.6 Å². The van der Waals surface area contributed by atoms with Crippen LogP contribution in [0.3, 0.4) is 0 Å². The highest BCUT2D eigenvalue weighted by molar-refractivity contribution is 7.90. The maximum atomic E-state index is 12.3. The molecule has 7 nitrogen and oxygen atoms in total. The van der Waals surface area contributed by atoms with Crippen LogP contribution in [0, 0.1) is 0 Å². The Morgan fingerprint density at radius 2 is 2.11 bits per heavy atom. The molecule has 1 amide bonds. The van der Waals surface area contributed by atoms with Crippen LogP contribution in [0.2, 0.25) is 0 Å². The lowest BCUT2D eigenvalue weighted by Gasteiger charge is -2.16. The van der Waals surface area contributed by atoms with Gasteiger partial charge in [0.05, 0.1) is 16.5 Å². The molecule has 0 saturated carbocycles. The number of thiazole rings is 1. The normalized spacial score (nSPS) is 10.9. The summed E-state index contributed by atoms with van der Waals surface area (Å²) in [6.07, 6.45) is 2.44. The first kappa shape index (κ1) is 23.4. The van der Waals surface area contributed by atoms with Crippen molar-refractivity contribution in [2.24, 2.45) is 5.73 Å². The summed E-state index contributed by atoms with van der Waals surface area (Å²) in [6, 6.07) is 6.38. The van der Waals surface area contributed by atoms with Crippen LogP contribution in [0.15, 0.2) is 34.5 Å². The topological polar surface area (TPSA) is 103 Å². The van der Waals surface area contributed by atoms with Gasteiger partial charge in [-0.1, -0.05) is 6.07 Å². The maximum Gasteiger partial charge on any atom is 0.273 e. The predicted molar refractivity (Wildman–Crippen MR) is 109 cm³/mol. The molecule has 0 aliphatic heterocycles. The van der Waals surface area contributed by atoms with Gasteiger partial charge in [0.2, 0.25) is 0 Å². The van der Waals surface area contributed by atoms with Gasteiger partial charge in [0.25, 0.3) is 5.91 Å². The second-order valence-electron chi connectivity index (χ2n) is 5.84. The van der Waals surface area contributed by atoms with Crippen LogP contribution < -0.4 is 10.5 Å². The van der Waals surface area contributed by atoms with Crippen LogP contribution >= 0.6 is 23.7 Å². The molecule has 0 aliphatic rings. The minimum absolute atomic E-state index is 0. The lowest BCUT2D eigenvalue weighted by Crippen LogP contribution is -2.29. The van der Waals surface area contributed by atoms with Gasteiger partial charge in [-0.2, -0.15) is 0 Å². The SMILES string of the molecule is CN(CCCOc1cccc(S(C)(=O)=O)c1)C(=O)c1csc(CCN)n1.Cl. The molecular weight excluding hydrogens is 410 g/mol. The van der Waals surface area contributed by atoms with E-state index in [0.717, 1.165) is 11.3 Å². The summed E-state index contributed by atoms with van der Waals surface area (Å²) in [7, 11) is -1.54. The summed E-state index contributed by atoms with van der Waals surface area (Å²) in [5.74, 6) is 0.358. The minimum atomic E-state index is -3.26. The van der Waals surface area contributed by atoms with Crippen LogP contribution in [0.1, 0.15) is 21.9 Å². The van der Waals surface area contributed by atoms with Crippen molar-refractivity contribution in [2.45, 2.75) is 17.7 Å². The Hall–Kier alpha value is -1.68. The lowest BCUT2D eigenvalue weighted by molar-refractivity contribution is 0.0782. The number of amides is 1. The molecule has 0 bridgehead atoms. The number of carbonyl (C=O) groups is 1. The van der Waals surface area contributed by atoms with Gasteiger partial charge in [-0.25, -0.2) is 13.4 Å². The van der Waals surface area contributed by atoms with Gasteiger partial charge in [0.15, 0.2) is 9.84 Å². The average Bonchev–Trinajstić information content (AvgIpc) is 3.06. The number of rotatable bonds is 9. The molecule has 1 aromatic carbocycles. The Morgan fingerprint density at radius 3 is 2.78 bits per heavy atom. The minimum Gasteiger partial charge on any atom is -0.493 e. The molecule has 2 rings (SSSR count). The first-order chi connectivity index (χ1) is 12.3. The van der Waals surface area contributed by atoms with Crippen molar-refractivity contribution in [1.29, 1.82) is 0 Å². The van der Waals surface area contributed by atoms with Crippen LogP contribution in [-0.4, -0.2) is 57.2 Å². The molecule has 2 aromatic rings. The van der Waals surface area contributed by atoms with E-state index in [2.05, 4.69) is 4.98 Å². The van der Waals surface area contributed by atoms with Crippen LogP contribution in [0.25, 0.3) is 0 Å². The number of benzene rings is 1. The molecule has 10 heteroatoms. The maximum absolute atomic E-state index is 12.3. The highest BCUT2D eigenvalue weighted by atomic mass is 35.5. The second-order valence-corrected chi connectivity index (χ2v) is 8.80. The van der Waals surface area contributed by atoms with E-state index in [-0.39, 0.29) is 23.2 Å². The van der Waals surface area contributed by atoms with Crippen LogP contribution in [0.5, 0.6) is 5.75 Å². The largest absolute Gasteiger partial charge is 0.493 e. The Balaban J connectivity index is 0.00000364. The Morgan fingerprint density at radius 1 is 1.37 bits per heavy atom. The third-order valence-electron chi connectivity index (χ3n) is 3.62. The standard InChI is InChI=1S/C17H23N3O4S2.ClH/c1-20(17(21)15-12-25-16(19-15)7-8-18)9-4-10-24-13-5-3-6-14(11-13)26(2,22)23;/h3,5-6,11-12H,4,7-10,18H2,1-2H3;1H. The third kappa shape index (κ3) is 7.10. The molecule has 0 saturated heterocycles. The van der Waals surface area contributed by atoms with Crippen molar-refractivity contribution in [3.05, 3.63) is 40.3 Å². The summed E-state index contributed by atoms with van der Waals surface area (Å²) < 4.78 is 28.7. The zero-order valence-electron chi connectivity index (χ0n) is 15.3. The number of hydrogen-bond donors (Lipinski definition) is 1. The molecule has 0 atom stereocenters. The van der Waals surface area contributed by atoms with Crippen molar-refractivity contribution in [3.8, 4) is 5.75 Å². The van der Waals surface area contributed by atoms with Crippen LogP contribution in [-0.2, 0) is 16.3 Å². The second kappa shape index (κ2) is 10.6. The Labute approximate surface area is 169 Å². The summed E-state index contributed by atoms with van der Waals surface area (Å²) in [5.41, 5.74) is 5.92. The summed E-state index contributed by atoms with van der Waals surface area (Å²) in [5, 5.41) is 2.61. The van der Waals surface area contributed by atoms with Gasteiger partial charge in [-0.15, -0.1) is 23.7 Å². The Kier molecular flexibility index (Phi) is 9.17. The molecule has 0 aliphatic carbocycles. The number of aromatic nitrogens is 1. The Bertz CT molecular complexity index is 855. The van der Waals surface area contributed by atoms with E-state index in [1.807, 2.05) is 0 Å². The first-order valence-electron chi connectivity index (χ1n) is 8.14. The van der Waals surface area contributed by atoms with Crippen molar-refractivity contribution in [1.82, 2.24) is 9.88 Å². The number of carbonyl (C=O) groups excluding carboxylic acids is 1. The number of nitrogens with two attached hydrogens (primary N) is 1. The van der Waals surface area contributed by atoms with Crippen molar-refractivity contribution in [3.63, 3.8) is 0 Å². The highest BCUT2D eigenvalue weighted by Gasteiger charge is 2.15. The fraction of sp³-hybridized carbons (Fsp3) is 0.412. The molecule has 0 radical (unpaired) electrons. The van der Waals surface area contributed by atoms with Gasteiger partial charge in [-0.3, -0.25) is 4.79 Å². The zero-order chi connectivity index (χ0) is 19.2. The van der Waals surface area contributed by atoms with Gasteiger partial charge in [0.1, 0.15) is 11.4 Å². The highest BCUT2D eigenvalue weighted by Crippen LogP contribution is 2.17. The molecule has 150 valence electrons. The molecule has 0 spiro atoms. The quantitative estimate of drug-likeness (QED) is 0.607. The monoisotopic (exact) mass is 433 g/mol. The fourth-order valence-corrected chi connectivity index (χ4v) is 3.67. The molecule has 1 aromatic heterocycles. The number of halogens is 1. The smallest absolute Gasteiger partial charge is 0.273 e. The van der Waals surface area contributed by atoms with E-state index >= 15 is 0 Å². The predicted octanol–water partition coefficient (Wildman–Crippen LogP) is 2.01. The number of hydrogen-bond acceptors (Lipinski definition) is 7. The zero-order valence-corrected chi connectivity index (χ0v) is 17.7. The number of ether oxygens (including phenoxy) is 1. The average molecular weight is 434 g/mol. The van der Waals surface area contributed by atoms with E-state index in [9.17, 15) is 13.2 Å². The van der Waals surface area contributed by atoms with Crippen LogP contribution in [0.4, 0.5) is 0 Å². The number of nitrogens with zero attached hydrogens (tertiary/aromatic N) is 2. The van der Waals surface area contributed by atoms with E-state index < -0.39 is 9.84 Å². The summed E-state index contributed by atoms with van der Waals surface area (Å²) >= 11 is 1.44. The van der Waals surface area contributed by atoms with E-state index in [4.69, 9.17) is 10.5 Å². The van der Waals surface area contributed by atoms with Gasteiger partial charge < -0.3 is 15.4 Å².